The molecule has 0 fully saturated rings. The van der Waals surface area contributed by atoms with Gasteiger partial charge in [0.15, 0.2) is 0 Å². The standard InChI is InChI=1S/C16H19BrN2O2/c1-10-7-12(9-18-16(10)17)19-11(2)14-6-5-13(20-3)8-15(14)21-4/h5-9,11,19H,1-4H3. The minimum absolute atomic E-state index is 0.0910. The minimum Gasteiger partial charge on any atom is -0.497 e. The van der Waals surface area contributed by atoms with Gasteiger partial charge in [0.05, 0.1) is 32.1 Å². The van der Waals surface area contributed by atoms with Gasteiger partial charge in [-0.2, -0.15) is 0 Å². The van der Waals surface area contributed by atoms with E-state index in [-0.39, 0.29) is 6.04 Å². The van der Waals surface area contributed by atoms with Crippen molar-refractivity contribution >= 4 is 21.6 Å². The molecular weight excluding hydrogens is 332 g/mol. The number of hydrogen-bond donors (Lipinski definition) is 1. The van der Waals surface area contributed by atoms with Crippen molar-refractivity contribution in [3.63, 3.8) is 0 Å². The van der Waals surface area contributed by atoms with E-state index in [9.17, 15) is 0 Å². The summed E-state index contributed by atoms with van der Waals surface area (Å²) in [6.45, 7) is 4.10. The van der Waals surface area contributed by atoms with Gasteiger partial charge in [-0.15, -0.1) is 0 Å². The fourth-order valence-corrected chi connectivity index (χ4v) is 2.36. The van der Waals surface area contributed by atoms with Crippen LogP contribution in [0.25, 0.3) is 0 Å². The number of nitrogens with one attached hydrogen (secondary N) is 1. The van der Waals surface area contributed by atoms with Crippen LogP contribution in [0.5, 0.6) is 11.5 Å². The molecule has 1 aromatic heterocycles. The number of halogens is 1. The summed E-state index contributed by atoms with van der Waals surface area (Å²) >= 11 is 3.41. The summed E-state index contributed by atoms with van der Waals surface area (Å²) < 4.78 is 11.5. The van der Waals surface area contributed by atoms with Crippen LogP contribution in [0.3, 0.4) is 0 Å². The molecule has 0 saturated carbocycles. The molecule has 0 aliphatic carbocycles. The van der Waals surface area contributed by atoms with E-state index in [1.54, 1.807) is 14.2 Å². The van der Waals surface area contributed by atoms with E-state index in [2.05, 4.69) is 39.2 Å². The van der Waals surface area contributed by atoms with E-state index in [1.807, 2.05) is 31.3 Å². The van der Waals surface area contributed by atoms with Crippen LogP contribution in [0.1, 0.15) is 24.1 Å². The zero-order valence-electron chi connectivity index (χ0n) is 12.6. The van der Waals surface area contributed by atoms with Crippen molar-refractivity contribution in [3.8, 4) is 11.5 Å². The Morgan fingerprint density at radius 3 is 2.57 bits per heavy atom. The highest BCUT2D eigenvalue weighted by Crippen LogP contribution is 2.31. The van der Waals surface area contributed by atoms with Gasteiger partial charge in [0.1, 0.15) is 16.1 Å². The fraction of sp³-hybridized carbons (Fsp3) is 0.312. The summed E-state index contributed by atoms with van der Waals surface area (Å²) in [5.41, 5.74) is 3.13. The van der Waals surface area contributed by atoms with E-state index in [1.165, 1.54) is 0 Å². The first-order valence-electron chi connectivity index (χ1n) is 6.65. The van der Waals surface area contributed by atoms with E-state index in [4.69, 9.17) is 9.47 Å². The highest BCUT2D eigenvalue weighted by atomic mass is 79.9. The highest BCUT2D eigenvalue weighted by Gasteiger charge is 2.13. The summed E-state index contributed by atoms with van der Waals surface area (Å²) in [5, 5.41) is 3.43. The average Bonchev–Trinajstić information content (AvgIpc) is 2.50. The molecule has 0 amide bonds. The molecule has 1 atom stereocenters. The van der Waals surface area contributed by atoms with Crippen molar-refractivity contribution in [1.29, 1.82) is 0 Å². The van der Waals surface area contributed by atoms with Crippen LogP contribution in [0.2, 0.25) is 0 Å². The van der Waals surface area contributed by atoms with Crippen LogP contribution in [0.15, 0.2) is 35.1 Å². The summed E-state index contributed by atoms with van der Waals surface area (Å²) in [6, 6.07) is 7.98. The molecule has 112 valence electrons. The van der Waals surface area contributed by atoms with Crippen molar-refractivity contribution < 1.29 is 9.47 Å². The molecule has 4 nitrogen and oxygen atoms in total. The topological polar surface area (TPSA) is 43.4 Å². The number of hydrogen-bond acceptors (Lipinski definition) is 4. The van der Waals surface area contributed by atoms with Crippen molar-refractivity contribution in [2.45, 2.75) is 19.9 Å². The summed E-state index contributed by atoms with van der Waals surface area (Å²) in [4.78, 5) is 4.30. The molecular formula is C16H19BrN2O2. The van der Waals surface area contributed by atoms with E-state index >= 15 is 0 Å². The second-order valence-electron chi connectivity index (χ2n) is 4.81. The van der Waals surface area contributed by atoms with E-state index in [0.29, 0.717) is 0 Å². The number of methoxy groups -OCH3 is 2. The zero-order valence-corrected chi connectivity index (χ0v) is 14.2. The fourth-order valence-electron chi connectivity index (χ4n) is 2.14. The second-order valence-corrected chi connectivity index (χ2v) is 5.56. The number of rotatable bonds is 5. The first-order valence-corrected chi connectivity index (χ1v) is 7.45. The van der Waals surface area contributed by atoms with Crippen LogP contribution in [-0.4, -0.2) is 19.2 Å². The van der Waals surface area contributed by atoms with Crippen LogP contribution in [0.4, 0.5) is 5.69 Å². The lowest BCUT2D eigenvalue weighted by molar-refractivity contribution is 0.390. The molecule has 1 unspecified atom stereocenters. The minimum atomic E-state index is 0.0910. The van der Waals surface area contributed by atoms with Gasteiger partial charge in [-0.25, -0.2) is 4.98 Å². The van der Waals surface area contributed by atoms with Crippen molar-refractivity contribution in [1.82, 2.24) is 4.98 Å². The van der Waals surface area contributed by atoms with Crippen LogP contribution in [-0.2, 0) is 0 Å². The quantitative estimate of drug-likeness (QED) is 0.814. The zero-order chi connectivity index (χ0) is 15.4. The highest BCUT2D eigenvalue weighted by molar-refractivity contribution is 9.10. The van der Waals surface area contributed by atoms with Gasteiger partial charge in [0.25, 0.3) is 0 Å². The molecule has 1 aromatic carbocycles. The molecule has 2 rings (SSSR count). The number of aryl methyl sites for hydroxylation is 1. The molecule has 0 saturated heterocycles. The molecule has 0 radical (unpaired) electrons. The van der Waals surface area contributed by atoms with Crippen LogP contribution < -0.4 is 14.8 Å². The van der Waals surface area contributed by atoms with Gasteiger partial charge in [-0.3, -0.25) is 0 Å². The predicted molar refractivity (Wildman–Crippen MR) is 88.3 cm³/mol. The normalized spacial score (nSPS) is 11.9. The number of aromatic nitrogens is 1. The monoisotopic (exact) mass is 350 g/mol. The average molecular weight is 351 g/mol. The molecule has 5 heteroatoms. The molecule has 0 aliphatic heterocycles. The Bertz CT molecular complexity index is 632. The van der Waals surface area contributed by atoms with Gasteiger partial charge < -0.3 is 14.8 Å². The number of benzene rings is 1. The largest absolute Gasteiger partial charge is 0.497 e. The number of ether oxygens (including phenoxy) is 2. The smallest absolute Gasteiger partial charge is 0.127 e. The van der Waals surface area contributed by atoms with E-state index < -0.39 is 0 Å². The maximum absolute atomic E-state index is 5.45. The Labute approximate surface area is 133 Å². The second kappa shape index (κ2) is 6.80. The first-order chi connectivity index (χ1) is 10.0. The molecule has 2 aromatic rings. The SMILES string of the molecule is COc1ccc(C(C)Nc2cnc(Br)c(C)c2)c(OC)c1. The third kappa shape index (κ3) is 3.67. The predicted octanol–water partition coefficient (Wildman–Crippen LogP) is 4.34. The maximum Gasteiger partial charge on any atom is 0.127 e. The van der Waals surface area contributed by atoms with Crippen molar-refractivity contribution in [2.75, 3.05) is 19.5 Å². The molecule has 21 heavy (non-hydrogen) atoms. The molecule has 0 spiro atoms. The van der Waals surface area contributed by atoms with Crippen LogP contribution in [0, 0.1) is 6.92 Å². The van der Waals surface area contributed by atoms with Crippen molar-refractivity contribution in [2.24, 2.45) is 0 Å². The van der Waals surface area contributed by atoms with Gasteiger partial charge in [0, 0.05) is 11.6 Å². The number of nitrogens with zero attached hydrogens (tertiary/aromatic N) is 1. The first kappa shape index (κ1) is 15.6. The Kier molecular flexibility index (Phi) is 5.07. The summed E-state index contributed by atoms with van der Waals surface area (Å²) in [7, 11) is 3.31. The number of anilines is 1. The maximum atomic E-state index is 5.45. The third-order valence-corrected chi connectivity index (χ3v) is 4.13. The van der Waals surface area contributed by atoms with E-state index in [0.717, 1.165) is 32.9 Å². The lowest BCUT2D eigenvalue weighted by Gasteiger charge is -2.19. The molecule has 0 aliphatic rings. The van der Waals surface area contributed by atoms with Crippen molar-refractivity contribution in [3.05, 3.63) is 46.2 Å². The Morgan fingerprint density at radius 1 is 1.19 bits per heavy atom. The molecule has 1 heterocycles. The van der Waals surface area contributed by atoms with Crippen LogP contribution >= 0.6 is 15.9 Å². The van der Waals surface area contributed by atoms with Gasteiger partial charge >= 0.3 is 0 Å². The lowest BCUT2D eigenvalue weighted by atomic mass is 10.1. The lowest BCUT2D eigenvalue weighted by Crippen LogP contribution is -2.09. The Morgan fingerprint density at radius 2 is 1.95 bits per heavy atom. The number of pyridine rings is 1. The third-order valence-electron chi connectivity index (χ3n) is 3.30. The van der Waals surface area contributed by atoms with Gasteiger partial charge in [0.2, 0.25) is 0 Å². The summed E-state index contributed by atoms with van der Waals surface area (Å²) in [5.74, 6) is 1.58. The van der Waals surface area contributed by atoms with Gasteiger partial charge in [-0.1, -0.05) is 0 Å². The molecule has 0 bridgehead atoms. The molecule has 1 N–H and O–H groups in total. The Hall–Kier alpha value is -1.75. The van der Waals surface area contributed by atoms with Gasteiger partial charge in [-0.05, 0) is 53.5 Å². The summed E-state index contributed by atoms with van der Waals surface area (Å²) in [6.07, 6.45) is 1.81. The Balaban J connectivity index is 2.23.